The number of aromatic nitrogens is 3. The number of furan rings is 1. The quantitative estimate of drug-likeness (QED) is 0.624. The van der Waals surface area contributed by atoms with Crippen molar-refractivity contribution in [3.63, 3.8) is 0 Å². The van der Waals surface area contributed by atoms with Crippen LogP contribution in [0.3, 0.4) is 0 Å². The van der Waals surface area contributed by atoms with Gasteiger partial charge in [0, 0.05) is 24.6 Å². The summed E-state index contributed by atoms with van der Waals surface area (Å²) in [6, 6.07) is 5.38. The molecule has 9 nitrogen and oxygen atoms in total. The molecule has 32 heavy (non-hydrogen) atoms. The molecule has 3 aromatic heterocycles. The topological polar surface area (TPSA) is 93.1 Å². The lowest BCUT2D eigenvalue weighted by Gasteiger charge is -2.19. The van der Waals surface area contributed by atoms with Gasteiger partial charge in [0.15, 0.2) is 0 Å². The largest absolute Gasteiger partial charge is 0.467 e. The molecule has 2 aliphatic rings. The maximum absolute atomic E-state index is 13.4. The van der Waals surface area contributed by atoms with Crippen LogP contribution in [0.4, 0.5) is 0 Å². The van der Waals surface area contributed by atoms with E-state index in [1.807, 2.05) is 31.7 Å². The third-order valence-corrected chi connectivity index (χ3v) is 6.26. The van der Waals surface area contributed by atoms with Gasteiger partial charge < -0.3 is 18.8 Å². The van der Waals surface area contributed by atoms with Crippen molar-refractivity contribution in [2.24, 2.45) is 0 Å². The van der Waals surface area contributed by atoms with E-state index in [0.717, 1.165) is 31.6 Å². The second kappa shape index (κ2) is 7.36. The molecule has 0 bridgehead atoms. The summed E-state index contributed by atoms with van der Waals surface area (Å²) < 4.78 is 8.43. The zero-order valence-corrected chi connectivity index (χ0v) is 18.6. The SMILES string of the molecule is CC(C)(C)c1cc2n(CC(=O)N3CCCC3)c3c(c(=O)n2n1)CN(Cc1ccco1)C3=O. The number of nitrogens with zero attached hydrogens (tertiary/aromatic N) is 5. The smallest absolute Gasteiger partial charge is 0.280 e. The number of amides is 2. The average Bonchev–Trinajstić information content (AvgIpc) is 3.52. The minimum atomic E-state index is -0.314. The molecule has 1 saturated heterocycles. The Hall–Kier alpha value is -3.36. The molecular weight excluding hydrogens is 410 g/mol. The number of carbonyl (C=O) groups excluding carboxylic acids is 2. The first-order valence-electron chi connectivity index (χ1n) is 11.0. The summed E-state index contributed by atoms with van der Waals surface area (Å²) in [6.07, 6.45) is 3.53. The van der Waals surface area contributed by atoms with E-state index in [-0.39, 0.29) is 48.1 Å². The Morgan fingerprint density at radius 2 is 1.94 bits per heavy atom. The van der Waals surface area contributed by atoms with E-state index in [1.165, 1.54) is 4.52 Å². The maximum Gasteiger partial charge on any atom is 0.280 e. The third kappa shape index (κ3) is 3.32. The zero-order valence-electron chi connectivity index (χ0n) is 18.6. The van der Waals surface area contributed by atoms with Gasteiger partial charge in [0.25, 0.3) is 11.5 Å². The van der Waals surface area contributed by atoms with Gasteiger partial charge in [-0.2, -0.15) is 9.61 Å². The van der Waals surface area contributed by atoms with Crippen LogP contribution in [0.15, 0.2) is 33.7 Å². The summed E-state index contributed by atoms with van der Waals surface area (Å²) in [4.78, 5) is 43.2. The van der Waals surface area contributed by atoms with Gasteiger partial charge >= 0.3 is 0 Å². The monoisotopic (exact) mass is 437 g/mol. The van der Waals surface area contributed by atoms with Crippen molar-refractivity contribution < 1.29 is 14.0 Å². The van der Waals surface area contributed by atoms with Crippen LogP contribution >= 0.6 is 0 Å². The molecule has 1 fully saturated rings. The first kappa shape index (κ1) is 20.5. The van der Waals surface area contributed by atoms with E-state index >= 15 is 0 Å². The Balaban J connectivity index is 1.63. The molecule has 0 unspecified atom stereocenters. The number of rotatable bonds is 4. The highest BCUT2D eigenvalue weighted by Crippen LogP contribution is 2.27. The van der Waals surface area contributed by atoms with Crippen LogP contribution in [0.2, 0.25) is 0 Å². The number of hydrogen-bond acceptors (Lipinski definition) is 5. The van der Waals surface area contributed by atoms with E-state index in [4.69, 9.17) is 4.42 Å². The van der Waals surface area contributed by atoms with Crippen LogP contribution in [0.25, 0.3) is 5.65 Å². The molecular formula is C23H27N5O4. The van der Waals surface area contributed by atoms with Crippen LogP contribution in [-0.4, -0.2) is 48.9 Å². The van der Waals surface area contributed by atoms with Crippen molar-refractivity contribution in [2.75, 3.05) is 13.1 Å². The standard InChI is InChI=1S/C23H27N5O4/c1-23(2,3)17-11-18-27(14-19(29)25-8-4-5-9-25)20-16(21(30)28(18)24-17)13-26(22(20)31)12-15-7-6-10-32-15/h6-7,10-11H,4-5,8-9,12-14H2,1-3H3. The van der Waals surface area contributed by atoms with Crippen molar-refractivity contribution in [3.8, 4) is 0 Å². The van der Waals surface area contributed by atoms with E-state index in [9.17, 15) is 14.4 Å². The highest BCUT2D eigenvalue weighted by molar-refractivity contribution is 5.97. The van der Waals surface area contributed by atoms with Crippen LogP contribution in [0.5, 0.6) is 0 Å². The van der Waals surface area contributed by atoms with Crippen molar-refractivity contribution >= 4 is 17.5 Å². The number of fused-ring (bicyclic) bond motifs is 2. The molecule has 9 heteroatoms. The summed E-state index contributed by atoms with van der Waals surface area (Å²) in [6.45, 7) is 7.92. The Bertz CT molecular complexity index is 1260. The summed E-state index contributed by atoms with van der Waals surface area (Å²) in [5.74, 6) is 0.313. The molecule has 0 aromatic carbocycles. The highest BCUT2D eigenvalue weighted by Gasteiger charge is 2.36. The highest BCUT2D eigenvalue weighted by atomic mass is 16.3. The molecule has 0 radical (unpaired) electrons. The third-order valence-electron chi connectivity index (χ3n) is 6.26. The lowest BCUT2D eigenvalue weighted by Crippen LogP contribution is -2.34. The van der Waals surface area contributed by atoms with E-state index in [0.29, 0.717) is 17.0 Å². The predicted octanol–water partition coefficient (Wildman–Crippen LogP) is 2.16. The van der Waals surface area contributed by atoms with Gasteiger partial charge in [-0.05, 0) is 25.0 Å². The van der Waals surface area contributed by atoms with Crippen LogP contribution in [-0.2, 0) is 29.8 Å². The normalized spacial score (nSPS) is 16.4. The Morgan fingerprint density at radius 1 is 1.19 bits per heavy atom. The molecule has 5 rings (SSSR count). The van der Waals surface area contributed by atoms with Gasteiger partial charge in [0.1, 0.15) is 23.6 Å². The molecule has 0 spiro atoms. The second-order valence-corrected chi connectivity index (χ2v) is 9.60. The lowest BCUT2D eigenvalue weighted by atomic mass is 9.93. The van der Waals surface area contributed by atoms with Gasteiger partial charge in [-0.1, -0.05) is 20.8 Å². The van der Waals surface area contributed by atoms with Crippen LogP contribution in [0.1, 0.15) is 61.1 Å². The number of carbonyl (C=O) groups is 2. The first-order valence-corrected chi connectivity index (χ1v) is 11.0. The zero-order chi connectivity index (χ0) is 22.6. The van der Waals surface area contributed by atoms with E-state index < -0.39 is 0 Å². The van der Waals surface area contributed by atoms with Crippen LogP contribution < -0.4 is 5.56 Å². The summed E-state index contributed by atoms with van der Waals surface area (Å²) in [7, 11) is 0. The van der Waals surface area contributed by atoms with Gasteiger partial charge in [-0.25, -0.2) is 0 Å². The lowest BCUT2D eigenvalue weighted by molar-refractivity contribution is -0.130. The van der Waals surface area contributed by atoms with E-state index in [2.05, 4.69) is 5.10 Å². The minimum Gasteiger partial charge on any atom is -0.467 e. The Morgan fingerprint density at radius 3 is 2.59 bits per heavy atom. The molecule has 2 aliphatic heterocycles. The van der Waals surface area contributed by atoms with Crippen molar-refractivity contribution in [3.05, 3.63) is 57.5 Å². The molecule has 0 atom stereocenters. The number of hydrogen-bond donors (Lipinski definition) is 0. The van der Waals surface area contributed by atoms with Gasteiger partial charge in [-0.3, -0.25) is 14.4 Å². The average molecular weight is 438 g/mol. The molecule has 0 saturated carbocycles. The summed E-state index contributed by atoms with van der Waals surface area (Å²) in [5, 5.41) is 4.56. The van der Waals surface area contributed by atoms with Crippen molar-refractivity contribution in [1.29, 1.82) is 0 Å². The maximum atomic E-state index is 13.4. The molecule has 0 aliphatic carbocycles. The fraction of sp³-hybridized carbons (Fsp3) is 0.478. The van der Waals surface area contributed by atoms with Gasteiger partial charge in [0.05, 0.1) is 30.6 Å². The molecule has 5 heterocycles. The first-order chi connectivity index (χ1) is 15.2. The number of likely N-dealkylation sites (tertiary alicyclic amines) is 1. The predicted molar refractivity (Wildman–Crippen MR) is 116 cm³/mol. The van der Waals surface area contributed by atoms with Crippen molar-refractivity contribution in [2.45, 2.75) is 58.7 Å². The fourth-order valence-electron chi connectivity index (χ4n) is 4.47. The summed E-state index contributed by atoms with van der Waals surface area (Å²) in [5.41, 5.74) is 1.26. The van der Waals surface area contributed by atoms with Gasteiger partial charge in [-0.15, -0.1) is 0 Å². The molecule has 2 amide bonds. The summed E-state index contributed by atoms with van der Waals surface area (Å²) >= 11 is 0. The molecule has 0 N–H and O–H groups in total. The van der Waals surface area contributed by atoms with Gasteiger partial charge in [0.2, 0.25) is 5.91 Å². The molecule has 168 valence electrons. The van der Waals surface area contributed by atoms with Crippen LogP contribution in [0, 0.1) is 0 Å². The Kier molecular flexibility index (Phi) is 4.72. The van der Waals surface area contributed by atoms with Crippen molar-refractivity contribution in [1.82, 2.24) is 24.0 Å². The second-order valence-electron chi connectivity index (χ2n) is 9.60. The Labute approximate surface area is 185 Å². The minimum absolute atomic E-state index is 0.00171. The van der Waals surface area contributed by atoms with E-state index in [1.54, 1.807) is 27.9 Å². The fourth-order valence-corrected chi connectivity index (χ4v) is 4.47. The molecule has 3 aromatic rings.